The highest BCUT2D eigenvalue weighted by molar-refractivity contribution is 7.92. The van der Waals surface area contributed by atoms with Crippen molar-refractivity contribution in [2.24, 2.45) is 0 Å². The quantitative estimate of drug-likeness (QED) is 0.610. The lowest BCUT2D eigenvalue weighted by atomic mass is 9.95. The fraction of sp³-hybridized carbons (Fsp3) is 0.435. The van der Waals surface area contributed by atoms with E-state index in [9.17, 15) is 13.2 Å². The number of carbonyl (C=O) groups excluding carboxylic acids is 1. The van der Waals surface area contributed by atoms with Crippen molar-refractivity contribution >= 4 is 33.2 Å². The van der Waals surface area contributed by atoms with Crippen LogP contribution in [0.1, 0.15) is 24.0 Å². The number of nitrogens with zero attached hydrogens (tertiary/aromatic N) is 1. The zero-order chi connectivity index (χ0) is 22.8. The van der Waals surface area contributed by atoms with Crippen LogP contribution in [0.15, 0.2) is 47.4 Å². The summed E-state index contributed by atoms with van der Waals surface area (Å²) in [6.07, 6.45) is 1.59. The van der Waals surface area contributed by atoms with E-state index in [4.69, 9.17) is 16.3 Å². The van der Waals surface area contributed by atoms with Crippen molar-refractivity contribution in [1.82, 2.24) is 10.2 Å². The second-order valence-corrected chi connectivity index (χ2v) is 10.5. The van der Waals surface area contributed by atoms with Crippen LogP contribution in [0.4, 0.5) is 5.69 Å². The molecule has 1 heterocycles. The molecule has 7 nitrogen and oxygen atoms in total. The van der Waals surface area contributed by atoms with E-state index in [2.05, 4.69) is 14.9 Å². The highest BCUT2D eigenvalue weighted by Gasteiger charge is 2.51. The highest BCUT2D eigenvalue weighted by Crippen LogP contribution is 2.48. The highest BCUT2D eigenvalue weighted by atomic mass is 35.5. The molecule has 0 bridgehead atoms. The number of ether oxygens (including phenoxy) is 1. The molecule has 1 aliphatic heterocycles. The minimum atomic E-state index is -3.75. The summed E-state index contributed by atoms with van der Waals surface area (Å²) in [5.41, 5.74) is 1.65. The second kappa shape index (κ2) is 9.39. The molecule has 2 N–H and O–H groups in total. The molecule has 1 amide bonds. The fourth-order valence-corrected chi connectivity index (χ4v) is 5.24. The van der Waals surface area contributed by atoms with Crippen molar-refractivity contribution < 1.29 is 17.9 Å². The molecule has 1 saturated carbocycles. The largest absolute Gasteiger partial charge is 0.379 e. The first kappa shape index (κ1) is 23.0. The standard InChI is InChI=1S/C23H28ClN3O4S/c1-17-2-7-20(16-21(17)24)32(29,30)26-19-5-3-18(4-6-19)23(8-9-23)22(28)25-10-11-27-12-14-31-15-13-27/h2-7,16,26H,8-15H2,1H3,(H,25,28). The maximum Gasteiger partial charge on any atom is 0.261 e. The Kier molecular flexibility index (Phi) is 6.76. The number of aryl methyl sites for hydroxylation is 1. The predicted octanol–water partition coefficient (Wildman–Crippen LogP) is 2.93. The molecule has 2 aromatic carbocycles. The van der Waals surface area contributed by atoms with Gasteiger partial charge in [0, 0.05) is 36.9 Å². The van der Waals surface area contributed by atoms with Gasteiger partial charge in [0.1, 0.15) is 0 Å². The number of sulfonamides is 1. The van der Waals surface area contributed by atoms with Crippen molar-refractivity contribution in [3.8, 4) is 0 Å². The average Bonchev–Trinajstić information content (AvgIpc) is 3.59. The number of amides is 1. The summed E-state index contributed by atoms with van der Waals surface area (Å²) in [6, 6.07) is 11.7. The Morgan fingerprint density at radius 3 is 2.44 bits per heavy atom. The van der Waals surface area contributed by atoms with E-state index in [0.717, 1.165) is 56.8 Å². The van der Waals surface area contributed by atoms with Crippen molar-refractivity contribution in [1.29, 1.82) is 0 Å². The first-order valence-corrected chi connectivity index (χ1v) is 12.6. The van der Waals surface area contributed by atoms with Crippen molar-refractivity contribution in [2.75, 3.05) is 44.1 Å². The number of anilines is 1. The zero-order valence-corrected chi connectivity index (χ0v) is 19.6. The summed E-state index contributed by atoms with van der Waals surface area (Å²) < 4.78 is 33.3. The molecule has 0 spiro atoms. The predicted molar refractivity (Wildman–Crippen MR) is 125 cm³/mol. The molecule has 2 aliphatic rings. The van der Waals surface area contributed by atoms with Gasteiger partial charge in [-0.3, -0.25) is 14.4 Å². The van der Waals surface area contributed by atoms with Gasteiger partial charge in [-0.05, 0) is 55.2 Å². The Morgan fingerprint density at radius 2 is 1.81 bits per heavy atom. The average molecular weight is 478 g/mol. The maximum atomic E-state index is 12.8. The van der Waals surface area contributed by atoms with Gasteiger partial charge in [-0.1, -0.05) is 29.8 Å². The molecule has 2 aromatic rings. The second-order valence-electron chi connectivity index (χ2n) is 8.39. The van der Waals surface area contributed by atoms with E-state index in [-0.39, 0.29) is 10.8 Å². The molecule has 0 aromatic heterocycles. The third-order valence-electron chi connectivity index (χ3n) is 6.15. The Bertz CT molecular complexity index is 1080. The van der Waals surface area contributed by atoms with Gasteiger partial charge in [-0.15, -0.1) is 0 Å². The van der Waals surface area contributed by atoms with Gasteiger partial charge < -0.3 is 10.1 Å². The van der Waals surface area contributed by atoms with Gasteiger partial charge in [0.25, 0.3) is 10.0 Å². The summed E-state index contributed by atoms with van der Waals surface area (Å²) in [7, 11) is -3.75. The minimum Gasteiger partial charge on any atom is -0.379 e. The van der Waals surface area contributed by atoms with Gasteiger partial charge in [-0.25, -0.2) is 8.42 Å². The molecule has 0 radical (unpaired) electrons. The summed E-state index contributed by atoms with van der Waals surface area (Å²) >= 11 is 6.07. The first-order valence-electron chi connectivity index (χ1n) is 10.8. The number of halogens is 1. The number of benzene rings is 2. The number of hydrogen-bond donors (Lipinski definition) is 2. The molecule has 2 fully saturated rings. The Labute approximate surface area is 194 Å². The summed E-state index contributed by atoms with van der Waals surface area (Å²) in [5, 5.41) is 3.47. The van der Waals surface area contributed by atoms with Gasteiger partial charge in [0.2, 0.25) is 5.91 Å². The number of hydrogen-bond acceptors (Lipinski definition) is 5. The van der Waals surface area contributed by atoms with Gasteiger partial charge in [0.05, 0.1) is 23.5 Å². The van der Waals surface area contributed by atoms with Crippen LogP contribution in [0.3, 0.4) is 0 Å². The van der Waals surface area contributed by atoms with E-state index in [1.165, 1.54) is 12.1 Å². The van der Waals surface area contributed by atoms with Crippen LogP contribution in [-0.4, -0.2) is 58.6 Å². The van der Waals surface area contributed by atoms with Crippen LogP contribution in [0.5, 0.6) is 0 Å². The van der Waals surface area contributed by atoms with Gasteiger partial charge in [0.15, 0.2) is 0 Å². The SMILES string of the molecule is Cc1ccc(S(=O)(=O)Nc2ccc(C3(C(=O)NCCN4CCOCC4)CC3)cc2)cc1Cl. The molecule has 1 saturated heterocycles. The molecule has 172 valence electrons. The Morgan fingerprint density at radius 1 is 1.12 bits per heavy atom. The molecule has 9 heteroatoms. The van der Waals surface area contributed by atoms with E-state index in [0.29, 0.717) is 17.3 Å². The van der Waals surface area contributed by atoms with Gasteiger partial charge >= 0.3 is 0 Å². The zero-order valence-electron chi connectivity index (χ0n) is 18.1. The topological polar surface area (TPSA) is 87.7 Å². The van der Waals surface area contributed by atoms with Crippen LogP contribution < -0.4 is 10.0 Å². The Balaban J connectivity index is 1.37. The summed E-state index contributed by atoms with van der Waals surface area (Å²) in [4.78, 5) is 15.2. The van der Waals surface area contributed by atoms with Crippen LogP contribution >= 0.6 is 11.6 Å². The summed E-state index contributed by atoms with van der Waals surface area (Å²) in [5.74, 6) is 0.0355. The van der Waals surface area contributed by atoms with Crippen molar-refractivity contribution in [3.63, 3.8) is 0 Å². The molecule has 1 aliphatic carbocycles. The number of nitrogens with one attached hydrogen (secondary N) is 2. The summed E-state index contributed by atoms with van der Waals surface area (Å²) in [6.45, 7) is 6.51. The molecular weight excluding hydrogens is 450 g/mol. The molecule has 0 unspecified atom stereocenters. The van der Waals surface area contributed by atoms with Crippen molar-refractivity contribution in [3.05, 3.63) is 58.6 Å². The smallest absolute Gasteiger partial charge is 0.261 e. The van der Waals surface area contributed by atoms with E-state index < -0.39 is 15.4 Å². The van der Waals surface area contributed by atoms with Crippen LogP contribution in [-0.2, 0) is 25.0 Å². The maximum absolute atomic E-state index is 12.8. The van der Waals surface area contributed by atoms with E-state index >= 15 is 0 Å². The molecule has 32 heavy (non-hydrogen) atoms. The number of rotatable bonds is 8. The van der Waals surface area contributed by atoms with Crippen LogP contribution in [0, 0.1) is 6.92 Å². The lowest BCUT2D eigenvalue weighted by Crippen LogP contribution is -2.43. The molecule has 0 atom stereocenters. The van der Waals surface area contributed by atoms with E-state index in [1.807, 2.05) is 19.1 Å². The number of carbonyl (C=O) groups is 1. The first-order chi connectivity index (χ1) is 15.3. The Hall–Kier alpha value is -2.13. The molecule has 4 rings (SSSR count). The van der Waals surface area contributed by atoms with Crippen LogP contribution in [0.2, 0.25) is 5.02 Å². The lowest BCUT2D eigenvalue weighted by Gasteiger charge is -2.27. The monoisotopic (exact) mass is 477 g/mol. The minimum absolute atomic E-state index is 0.0355. The van der Waals surface area contributed by atoms with Gasteiger partial charge in [-0.2, -0.15) is 0 Å². The third-order valence-corrected chi connectivity index (χ3v) is 7.93. The van der Waals surface area contributed by atoms with Crippen molar-refractivity contribution in [2.45, 2.75) is 30.1 Å². The molecular formula is C23H28ClN3O4S. The normalized spacial score (nSPS) is 18.2. The number of morpholine rings is 1. The van der Waals surface area contributed by atoms with E-state index in [1.54, 1.807) is 18.2 Å². The fourth-order valence-electron chi connectivity index (χ4n) is 3.91. The lowest BCUT2D eigenvalue weighted by molar-refractivity contribution is -0.123. The van der Waals surface area contributed by atoms with Crippen LogP contribution in [0.25, 0.3) is 0 Å². The third kappa shape index (κ3) is 5.09.